The maximum absolute atomic E-state index is 11.2. The Labute approximate surface area is 868 Å². The second-order valence-electron chi connectivity index (χ2n) is 31.1. The summed E-state index contributed by atoms with van der Waals surface area (Å²) in [5, 5.41) is 56.6. The van der Waals surface area contributed by atoms with Crippen LogP contribution in [0.15, 0.2) is 411 Å². The fraction of sp³-hybridized carbons (Fsp3) is 0.234. The van der Waals surface area contributed by atoms with Gasteiger partial charge in [0.15, 0.2) is 5.43 Å². The van der Waals surface area contributed by atoms with Crippen molar-refractivity contribution in [3.8, 4) is 0 Å². The van der Waals surface area contributed by atoms with Crippen LogP contribution in [0.1, 0.15) is 63.5 Å². The Kier molecular flexibility index (Phi) is 64.0. The van der Waals surface area contributed by atoms with Crippen molar-refractivity contribution in [2.75, 3.05) is 39.9 Å². The zero-order valence-electron chi connectivity index (χ0n) is 88.0. The summed E-state index contributed by atoms with van der Waals surface area (Å²) in [4.78, 5) is 89.6. The number of morpholine rings is 1. The first-order chi connectivity index (χ1) is 72.0. The molecule has 2 aliphatic heterocycles. The van der Waals surface area contributed by atoms with Gasteiger partial charge >= 0.3 is 0 Å². The lowest BCUT2D eigenvalue weighted by Gasteiger charge is -2.21. The van der Waals surface area contributed by atoms with Crippen LogP contribution in [0, 0.1) is 69.2 Å². The molecule has 23 rings (SSSR count). The fourth-order valence-electron chi connectivity index (χ4n) is 9.97. The molecule has 0 aliphatic carbocycles. The molecule has 149 heavy (non-hydrogen) atoms. The number of fused-ring (bicyclic) bond motifs is 3. The zero-order chi connectivity index (χ0) is 108. The lowest BCUT2D eigenvalue weighted by molar-refractivity contribution is 0.0503. The van der Waals surface area contributed by atoms with Crippen molar-refractivity contribution in [1.29, 1.82) is 0 Å². The molecule has 1 saturated heterocycles. The molecule has 774 valence electrons. The van der Waals surface area contributed by atoms with Gasteiger partial charge in [-0.2, -0.15) is 55.7 Å². The predicted octanol–water partition coefficient (Wildman–Crippen LogP) is 14.7. The minimum atomic E-state index is -0.163. The Hall–Kier alpha value is -18.7. The SMILES string of the molecule is CC1=CCN=N1.CN1CCOCC1.Cc1ccccc1.Cc1ccccn1.Cc1cccnc1.Cc1cccnn1.Cc1ccncc1.Cc1ccncn1.Cc1ccnnc1.Cc1cnccn1.Cc1cnccn1.Cc1ncccn1.Cn1ccc(=O)cc1.Cn1ccnn1.Cn1cnc(=O)c2ccccc21.Cn1cnccc1=O.Cn1cncn1.Cn1cnnc1.Cn1nc2ccccc2n1.Cn1nnc2ccccc21. The lowest BCUT2D eigenvalue weighted by Crippen LogP contribution is -2.32. The maximum Gasteiger partial charge on any atom is 0.280 e. The van der Waals surface area contributed by atoms with Crippen molar-refractivity contribution in [3.05, 3.63) is 474 Å². The minimum Gasteiger partial charge on any atom is -0.379 e. The second-order valence-corrected chi connectivity index (χ2v) is 31.1. The monoisotopic (exact) mass is 2010 g/mol. The molecule has 0 amide bonds. The molecule has 0 bridgehead atoms. The molecule has 0 unspecified atom stereocenters. The van der Waals surface area contributed by atoms with Gasteiger partial charge < -0.3 is 27.9 Å². The standard InChI is InChI=1S/C9H8N2O.2C7H7N3.C7H8.C6H7NO.3C6H7N.C5H6N2O.6C5H6N2.C5H11NO.C4H6N2.3C3H5N3/c1-11-6-10-9(12)7-4-2-3-5-8(7)11;1-10-7-5-3-2-4-6(7)8-9-10;1-10-8-6-4-2-3-5-7(6)9-10;1-7-5-3-2-4-6-7;1-7-4-2-6(8)3-5-7;1-6-2-4-7-5-3-6;1-6-3-2-4-7-5-6;1-6-4-2-3-5-7-6;1-7-4-6-3-2-5(7)8;2*1-5-4-6-2-3-7-5;1-5-2-3-6-4-7-5;1-5-2-3-6-7-4-5;1-5-6-3-2-4-7-5;1-5-3-2-4-6-7-5;1-6-2-4-7-5-3-6;1-4-2-3-5-6-4;1-6-2-4-5-3-6;1-6-3-4-2-5-6;1-6-3-2-4-5-6/h2-6H,1H3;2*2-5H,1H3;2-6H,1H3;2-5H,1H3;3*2-5H,1H3;2-4H,1H3;6*2-4H,1H3;2-5H2,1H3;2H,3H2,1H3;3*2-3H,1H3. The second kappa shape index (κ2) is 77.9. The van der Waals surface area contributed by atoms with Crippen LogP contribution in [0.5, 0.6) is 0 Å². The van der Waals surface area contributed by atoms with Crippen LogP contribution < -0.4 is 16.5 Å². The van der Waals surface area contributed by atoms with E-state index in [0.29, 0.717) is 5.39 Å². The third-order valence-corrected chi connectivity index (χ3v) is 17.8. The zero-order valence-corrected chi connectivity index (χ0v) is 88.0. The summed E-state index contributed by atoms with van der Waals surface area (Å²) >= 11 is 0. The van der Waals surface area contributed by atoms with Crippen molar-refractivity contribution in [2.24, 2.45) is 66.6 Å². The quantitative estimate of drug-likeness (QED) is 0.136. The molecule has 4 aromatic carbocycles. The summed E-state index contributed by atoms with van der Waals surface area (Å²) in [6, 6.07) is 60.9. The number of aromatic nitrogens is 35. The first-order valence-corrected chi connectivity index (χ1v) is 46.2. The third kappa shape index (κ3) is 63.7. The number of hydrogen-bond donors (Lipinski definition) is 0. The van der Waals surface area contributed by atoms with Gasteiger partial charge in [0.1, 0.15) is 54.0 Å². The molecule has 21 aromatic rings. The van der Waals surface area contributed by atoms with Crippen LogP contribution in [0.25, 0.3) is 33.0 Å². The molecule has 0 radical (unpaired) electrons. The Morgan fingerprint density at radius 1 is 0.322 bits per heavy atom. The Morgan fingerprint density at radius 3 is 1.22 bits per heavy atom. The maximum atomic E-state index is 11.2. The average molecular weight is 2010 g/mol. The number of benzene rings is 4. The van der Waals surface area contributed by atoms with Crippen LogP contribution >= 0.6 is 0 Å². The van der Waals surface area contributed by atoms with Gasteiger partial charge in [0.25, 0.3) is 11.1 Å². The normalized spacial score (nSPS) is 10.3. The topological polar surface area (TPSA) is 476 Å². The molecule has 42 heteroatoms. The molecule has 17 aromatic heterocycles. The first kappa shape index (κ1) is 123. The molecule has 2 aliphatic rings. The number of aryl methyl sites for hydroxylation is 18. The van der Waals surface area contributed by atoms with Gasteiger partial charge in [-0.15, -0.1) is 20.4 Å². The van der Waals surface area contributed by atoms with Crippen molar-refractivity contribution >= 4 is 33.0 Å². The number of nitrogens with zero attached hydrogens (tertiary/aromatic N) is 38. The van der Waals surface area contributed by atoms with Gasteiger partial charge in [-0.3, -0.25) is 58.6 Å². The van der Waals surface area contributed by atoms with E-state index in [1.807, 2.05) is 292 Å². The predicted molar refractivity (Wildman–Crippen MR) is 579 cm³/mol. The number of rotatable bonds is 0. The van der Waals surface area contributed by atoms with E-state index in [4.69, 9.17) is 4.74 Å². The Bertz CT molecular complexity index is 6310. The van der Waals surface area contributed by atoms with Crippen molar-refractivity contribution in [2.45, 2.75) is 76.2 Å². The summed E-state index contributed by atoms with van der Waals surface area (Å²) in [6.07, 6.45) is 50.6. The number of allylic oxidation sites excluding steroid dienone is 1. The van der Waals surface area contributed by atoms with Crippen LogP contribution in [0.3, 0.4) is 0 Å². The largest absolute Gasteiger partial charge is 0.379 e. The fourth-order valence-corrected chi connectivity index (χ4v) is 9.97. The molecule has 0 atom stereocenters. The summed E-state index contributed by atoms with van der Waals surface area (Å²) < 4.78 is 17.0. The van der Waals surface area contributed by atoms with Crippen molar-refractivity contribution < 1.29 is 4.74 Å². The molecule has 42 nitrogen and oxygen atoms in total. The van der Waals surface area contributed by atoms with Gasteiger partial charge in [0, 0.05) is 223 Å². The van der Waals surface area contributed by atoms with E-state index in [1.54, 1.807) is 186 Å². The molecule has 1 fully saturated rings. The lowest BCUT2D eigenvalue weighted by atomic mass is 10.2. The number of pyridine rings is 4. The molecule has 0 spiro atoms. The number of para-hydroxylation sites is 2. The molecular formula is C107H132N38O4. The Morgan fingerprint density at radius 2 is 0.886 bits per heavy atom. The minimum absolute atomic E-state index is 0.0278. The van der Waals surface area contributed by atoms with Gasteiger partial charge in [0.05, 0.1) is 84.0 Å². The van der Waals surface area contributed by atoms with E-state index >= 15 is 0 Å². The third-order valence-electron chi connectivity index (χ3n) is 17.8. The number of ether oxygens (including phenoxy) is 1. The van der Waals surface area contributed by atoms with E-state index in [-0.39, 0.29) is 16.5 Å². The molecule has 0 saturated carbocycles. The van der Waals surface area contributed by atoms with Gasteiger partial charge in [-0.25, -0.2) is 34.6 Å². The van der Waals surface area contributed by atoms with Crippen molar-refractivity contribution in [3.63, 3.8) is 0 Å². The summed E-state index contributed by atoms with van der Waals surface area (Å²) in [7, 11) is 16.8. The highest BCUT2D eigenvalue weighted by Crippen LogP contribution is 2.09. The van der Waals surface area contributed by atoms with Gasteiger partial charge in [-0.1, -0.05) is 94.9 Å². The van der Waals surface area contributed by atoms with Crippen LogP contribution in [0.4, 0.5) is 0 Å². The number of hydrogen-bond acceptors (Lipinski definition) is 34. The van der Waals surface area contributed by atoms with E-state index < -0.39 is 0 Å². The summed E-state index contributed by atoms with van der Waals surface area (Å²) in [5.74, 6) is 0.822. The highest BCUT2D eigenvalue weighted by Gasteiger charge is 2.03. The van der Waals surface area contributed by atoms with Crippen LogP contribution in [-0.4, -0.2) is 218 Å². The highest BCUT2D eigenvalue weighted by atomic mass is 16.5. The number of likely N-dealkylation sites (N-methyl/N-ethyl adjacent to an activating group) is 1. The Balaban J connectivity index is 0.000000327. The summed E-state index contributed by atoms with van der Waals surface area (Å²) in [6.45, 7) is 26.4. The van der Waals surface area contributed by atoms with Gasteiger partial charge in [-0.05, 0) is 203 Å². The molecule has 19 heterocycles. The average Bonchev–Trinajstić information content (AvgIpc) is 1.51. The van der Waals surface area contributed by atoms with Crippen LogP contribution in [0.2, 0.25) is 0 Å². The van der Waals surface area contributed by atoms with Gasteiger partial charge in [0.2, 0.25) is 0 Å². The summed E-state index contributed by atoms with van der Waals surface area (Å²) in [5.41, 5.74) is 15.6. The smallest absolute Gasteiger partial charge is 0.280 e. The van der Waals surface area contributed by atoms with E-state index in [0.717, 1.165) is 106 Å². The molecular weight excluding hydrogens is 1880 g/mol. The van der Waals surface area contributed by atoms with Crippen molar-refractivity contribution in [1.82, 2.24) is 178 Å². The van der Waals surface area contributed by atoms with Crippen LogP contribution in [-0.2, 0) is 61.1 Å². The van der Waals surface area contributed by atoms with E-state index in [1.165, 1.54) is 71.0 Å². The van der Waals surface area contributed by atoms with E-state index in [9.17, 15) is 14.4 Å². The number of azo groups is 1. The van der Waals surface area contributed by atoms with E-state index in [2.05, 4.69) is 178 Å². The first-order valence-electron chi connectivity index (χ1n) is 46.2. The highest BCUT2D eigenvalue weighted by molar-refractivity contribution is 5.77. The molecule has 0 N–H and O–H groups in total.